The van der Waals surface area contributed by atoms with Gasteiger partial charge in [-0.05, 0) is 31.2 Å². The van der Waals surface area contributed by atoms with E-state index in [1.807, 2.05) is 0 Å². The molecule has 2 N–H and O–H groups in total. The fourth-order valence-electron chi connectivity index (χ4n) is 2.06. The summed E-state index contributed by atoms with van der Waals surface area (Å²) in [6.07, 6.45) is 1.31. The van der Waals surface area contributed by atoms with E-state index in [1.54, 1.807) is 19.1 Å². The lowest BCUT2D eigenvalue weighted by molar-refractivity contribution is -0.384. The first-order valence-electron chi connectivity index (χ1n) is 7.77. The van der Waals surface area contributed by atoms with Gasteiger partial charge in [0, 0.05) is 11.9 Å². The molecule has 0 saturated heterocycles. The molecule has 0 spiro atoms. The zero-order valence-electron chi connectivity index (χ0n) is 14.6. The predicted molar refractivity (Wildman–Crippen MR) is 97.7 cm³/mol. The summed E-state index contributed by atoms with van der Waals surface area (Å²) >= 11 is 0. The van der Waals surface area contributed by atoms with E-state index < -0.39 is 16.7 Å². The maximum Gasteiger partial charge on any atom is 0.296 e. The van der Waals surface area contributed by atoms with Gasteiger partial charge in [-0.2, -0.15) is 5.10 Å². The zero-order valence-corrected chi connectivity index (χ0v) is 14.6. The highest BCUT2D eigenvalue weighted by molar-refractivity contribution is 6.06. The molecule has 0 fully saturated rings. The molecule has 2 aromatic rings. The summed E-state index contributed by atoms with van der Waals surface area (Å²) < 4.78 is 4.94. The minimum atomic E-state index is -0.619. The smallest absolute Gasteiger partial charge is 0.296 e. The van der Waals surface area contributed by atoms with Gasteiger partial charge in [-0.15, -0.1) is 0 Å². The van der Waals surface area contributed by atoms with Gasteiger partial charge in [-0.25, -0.2) is 5.43 Å². The molecule has 1 heterocycles. The Kier molecular flexibility index (Phi) is 6.53. The van der Waals surface area contributed by atoms with Crippen LogP contribution in [0.5, 0.6) is 5.75 Å². The van der Waals surface area contributed by atoms with Gasteiger partial charge in [0.15, 0.2) is 0 Å². The van der Waals surface area contributed by atoms with Crippen molar-refractivity contribution in [3.05, 3.63) is 58.4 Å². The normalized spacial score (nSPS) is 10.8. The lowest BCUT2D eigenvalue weighted by Gasteiger charge is -2.07. The minimum absolute atomic E-state index is 0.0381. The molecule has 1 aromatic carbocycles. The molecule has 0 atom stereocenters. The molecule has 2 rings (SSSR count). The molecule has 10 heteroatoms. The number of amides is 2. The summed E-state index contributed by atoms with van der Waals surface area (Å²) in [7, 11) is 1.39. The Bertz CT molecular complexity index is 883. The number of nitrogens with zero attached hydrogens (tertiary/aromatic N) is 3. The van der Waals surface area contributed by atoms with Crippen LogP contribution >= 0.6 is 0 Å². The highest BCUT2D eigenvalue weighted by atomic mass is 16.6. The van der Waals surface area contributed by atoms with Crippen molar-refractivity contribution in [2.24, 2.45) is 5.10 Å². The van der Waals surface area contributed by atoms with Crippen molar-refractivity contribution < 1.29 is 19.2 Å². The van der Waals surface area contributed by atoms with Gasteiger partial charge < -0.3 is 10.1 Å². The number of carbonyl (C=O) groups excluding carboxylic acids is 2. The molecular weight excluding hydrogens is 354 g/mol. The average molecular weight is 371 g/mol. The first-order valence-corrected chi connectivity index (χ1v) is 7.77. The van der Waals surface area contributed by atoms with Gasteiger partial charge in [0.1, 0.15) is 17.1 Å². The largest absolute Gasteiger partial charge is 0.496 e. The number of ether oxygens (including phenoxy) is 1. The Morgan fingerprint density at radius 2 is 2.07 bits per heavy atom. The van der Waals surface area contributed by atoms with E-state index in [2.05, 4.69) is 20.8 Å². The summed E-state index contributed by atoms with van der Waals surface area (Å²) in [6.45, 7) is 1.54. The van der Waals surface area contributed by atoms with Gasteiger partial charge in [0.2, 0.25) is 5.91 Å². The predicted octanol–water partition coefficient (Wildman–Crippen LogP) is 2.13. The third kappa shape index (κ3) is 5.59. The first kappa shape index (κ1) is 19.5. The van der Waals surface area contributed by atoms with E-state index >= 15 is 0 Å². The second-order valence-electron chi connectivity index (χ2n) is 5.37. The van der Waals surface area contributed by atoms with E-state index in [4.69, 9.17) is 4.74 Å². The van der Waals surface area contributed by atoms with Crippen LogP contribution in [0, 0.1) is 10.1 Å². The fraction of sp³-hybridized carbons (Fsp3) is 0.176. The molecule has 27 heavy (non-hydrogen) atoms. The van der Waals surface area contributed by atoms with E-state index in [-0.39, 0.29) is 23.5 Å². The number of benzene rings is 1. The molecule has 0 aliphatic rings. The molecule has 10 nitrogen and oxygen atoms in total. The van der Waals surface area contributed by atoms with Crippen LogP contribution in [0.2, 0.25) is 0 Å². The second-order valence-corrected chi connectivity index (χ2v) is 5.37. The molecule has 140 valence electrons. The highest BCUT2D eigenvalue weighted by Crippen LogP contribution is 2.28. The maximum atomic E-state index is 12.1. The van der Waals surface area contributed by atoms with Crippen molar-refractivity contribution in [1.29, 1.82) is 0 Å². The molecule has 1 aromatic heterocycles. The van der Waals surface area contributed by atoms with Crippen molar-refractivity contribution in [3.63, 3.8) is 0 Å². The lowest BCUT2D eigenvalue weighted by Crippen LogP contribution is -2.22. The van der Waals surface area contributed by atoms with Crippen LogP contribution in [0.25, 0.3) is 0 Å². The average Bonchev–Trinajstić information content (AvgIpc) is 2.66. The number of hydrogen-bond acceptors (Lipinski definition) is 7. The number of rotatable bonds is 7. The minimum Gasteiger partial charge on any atom is -0.496 e. The van der Waals surface area contributed by atoms with Crippen LogP contribution in [0.3, 0.4) is 0 Å². The first-order chi connectivity index (χ1) is 12.9. The van der Waals surface area contributed by atoms with Gasteiger partial charge in [0.25, 0.3) is 11.6 Å². The van der Waals surface area contributed by atoms with E-state index in [1.165, 1.54) is 37.6 Å². The summed E-state index contributed by atoms with van der Waals surface area (Å²) in [5.41, 5.74) is 2.54. The van der Waals surface area contributed by atoms with Gasteiger partial charge >= 0.3 is 0 Å². The molecule has 0 saturated carbocycles. The van der Waals surface area contributed by atoms with E-state index in [0.717, 1.165) is 0 Å². The Morgan fingerprint density at radius 1 is 1.30 bits per heavy atom. The number of nitro groups is 1. The van der Waals surface area contributed by atoms with Crippen LogP contribution in [-0.4, -0.2) is 34.5 Å². The number of anilines is 1. The fourth-order valence-corrected chi connectivity index (χ4v) is 2.06. The molecule has 0 bridgehead atoms. The van der Waals surface area contributed by atoms with Crippen LogP contribution < -0.4 is 15.5 Å². The molecule has 0 radical (unpaired) electrons. The monoisotopic (exact) mass is 371 g/mol. The Hall–Kier alpha value is -3.82. The van der Waals surface area contributed by atoms with Crippen LogP contribution in [0.15, 0.2) is 47.7 Å². The van der Waals surface area contributed by atoms with Gasteiger partial charge in [-0.3, -0.25) is 24.7 Å². The molecule has 0 unspecified atom stereocenters. The second kappa shape index (κ2) is 9.04. The highest BCUT2D eigenvalue weighted by Gasteiger charge is 2.17. The molecule has 0 aliphatic heterocycles. The number of carbonyl (C=O) groups is 2. The third-order valence-corrected chi connectivity index (χ3v) is 3.34. The van der Waals surface area contributed by atoms with Crippen LogP contribution in [0.4, 0.5) is 11.4 Å². The SMILES string of the molecule is COc1ccc(NC(=O)C/C(C)=N/NC(=O)c2ccccn2)c([N+](=O)[O-])c1. The van der Waals surface area contributed by atoms with Gasteiger partial charge in [-0.1, -0.05) is 6.07 Å². The van der Waals surface area contributed by atoms with E-state index in [9.17, 15) is 19.7 Å². The zero-order chi connectivity index (χ0) is 19.8. The Morgan fingerprint density at radius 3 is 2.70 bits per heavy atom. The molecular formula is C17H17N5O5. The van der Waals surface area contributed by atoms with Crippen LogP contribution in [0.1, 0.15) is 23.8 Å². The summed E-state index contributed by atoms with van der Waals surface area (Å²) in [4.78, 5) is 38.3. The van der Waals surface area contributed by atoms with Crippen molar-refractivity contribution >= 4 is 28.9 Å². The number of hydrogen-bond donors (Lipinski definition) is 2. The number of hydrazone groups is 1. The number of pyridine rings is 1. The summed E-state index contributed by atoms with van der Waals surface area (Å²) in [5, 5.41) is 17.4. The Balaban J connectivity index is 1.99. The molecule has 2 amide bonds. The quantitative estimate of drug-likeness (QED) is 0.435. The molecule has 0 aliphatic carbocycles. The Labute approximate surface area is 154 Å². The number of nitrogens with one attached hydrogen (secondary N) is 2. The van der Waals surface area contributed by atoms with Gasteiger partial charge in [0.05, 0.1) is 24.5 Å². The van der Waals surface area contributed by atoms with Crippen molar-refractivity contribution in [2.75, 3.05) is 12.4 Å². The summed E-state index contributed by atoms with van der Waals surface area (Å²) in [6, 6.07) is 8.95. The number of aromatic nitrogens is 1. The van der Waals surface area contributed by atoms with Crippen LogP contribution in [-0.2, 0) is 4.79 Å². The topological polar surface area (TPSA) is 136 Å². The van der Waals surface area contributed by atoms with E-state index in [0.29, 0.717) is 11.5 Å². The number of methoxy groups -OCH3 is 1. The third-order valence-electron chi connectivity index (χ3n) is 3.34. The standard InChI is InChI=1S/C17H17N5O5/c1-11(20-21-17(24)14-5-3-4-8-18-14)9-16(23)19-13-7-6-12(27-2)10-15(13)22(25)26/h3-8,10H,9H2,1-2H3,(H,19,23)(H,21,24)/b20-11+. The van der Waals surface area contributed by atoms with Crippen molar-refractivity contribution in [1.82, 2.24) is 10.4 Å². The summed E-state index contributed by atoms with van der Waals surface area (Å²) in [5.74, 6) is -0.729. The number of nitro benzene ring substituents is 1. The van der Waals surface area contributed by atoms with Crippen molar-refractivity contribution in [3.8, 4) is 5.75 Å². The van der Waals surface area contributed by atoms with Crippen molar-refractivity contribution in [2.45, 2.75) is 13.3 Å². The lowest BCUT2D eigenvalue weighted by atomic mass is 10.2. The maximum absolute atomic E-state index is 12.1.